The van der Waals surface area contributed by atoms with Crippen molar-refractivity contribution in [2.75, 3.05) is 19.8 Å². The molecule has 3 rings (SSSR count). The van der Waals surface area contributed by atoms with Crippen molar-refractivity contribution in [1.29, 1.82) is 0 Å². The minimum atomic E-state index is -0.988. The maximum absolute atomic E-state index is 13.6. The summed E-state index contributed by atoms with van der Waals surface area (Å²) in [6, 6.07) is 7.69. The van der Waals surface area contributed by atoms with Crippen LogP contribution in [0.15, 0.2) is 36.4 Å². The van der Waals surface area contributed by atoms with Crippen LogP contribution in [0.1, 0.15) is 35.3 Å². The van der Waals surface area contributed by atoms with Gasteiger partial charge in [0.15, 0.2) is 11.5 Å². The zero-order valence-corrected chi connectivity index (χ0v) is 15.3. The summed E-state index contributed by atoms with van der Waals surface area (Å²) in [5.74, 6) is -1.73. The average Bonchev–Trinajstić information content (AvgIpc) is 2.90. The van der Waals surface area contributed by atoms with Gasteiger partial charge in [0.2, 0.25) is 5.91 Å². The van der Waals surface area contributed by atoms with Gasteiger partial charge >= 0.3 is 0 Å². The summed E-state index contributed by atoms with van der Waals surface area (Å²) in [5, 5.41) is 5.06. The maximum atomic E-state index is 13.6. The SMILES string of the molecule is CC(NC(=O)CNC(=O)c1ccc(F)cc1F)c1ccc2c(c1)OCCCO2. The third-order valence-corrected chi connectivity index (χ3v) is 4.23. The van der Waals surface area contributed by atoms with Crippen molar-refractivity contribution >= 4 is 11.8 Å². The zero-order chi connectivity index (χ0) is 20.1. The molecule has 0 spiro atoms. The molecule has 0 radical (unpaired) electrons. The van der Waals surface area contributed by atoms with Gasteiger partial charge in [-0.15, -0.1) is 0 Å². The van der Waals surface area contributed by atoms with Crippen LogP contribution in [0.5, 0.6) is 11.5 Å². The first-order valence-corrected chi connectivity index (χ1v) is 8.86. The highest BCUT2D eigenvalue weighted by atomic mass is 19.1. The monoisotopic (exact) mass is 390 g/mol. The van der Waals surface area contributed by atoms with Gasteiger partial charge < -0.3 is 20.1 Å². The molecule has 2 aromatic rings. The lowest BCUT2D eigenvalue weighted by Crippen LogP contribution is -2.38. The number of hydrogen-bond donors (Lipinski definition) is 2. The Morgan fingerprint density at radius 2 is 1.82 bits per heavy atom. The van der Waals surface area contributed by atoms with E-state index in [4.69, 9.17) is 9.47 Å². The summed E-state index contributed by atoms with van der Waals surface area (Å²) < 4.78 is 37.7. The lowest BCUT2D eigenvalue weighted by atomic mass is 10.1. The van der Waals surface area contributed by atoms with Crippen molar-refractivity contribution in [3.63, 3.8) is 0 Å². The van der Waals surface area contributed by atoms with Crippen molar-refractivity contribution in [2.45, 2.75) is 19.4 Å². The van der Waals surface area contributed by atoms with Gasteiger partial charge in [-0.05, 0) is 36.8 Å². The van der Waals surface area contributed by atoms with Gasteiger partial charge in [0.25, 0.3) is 5.91 Å². The van der Waals surface area contributed by atoms with Crippen LogP contribution in [0.2, 0.25) is 0 Å². The molecule has 28 heavy (non-hydrogen) atoms. The summed E-state index contributed by atoms with van der Waals surface area (Å²) in [5.41, 5.74) is 0.485. The van der Waals surface area contributed by atoms with Gasteiger partial charge in [0.05, 0.1) is 31.4 Å². The molecule has 0 saturated carbocycles. The van der Waals surface area contributed by atoms with Gasteiger partial charge in [-0.25, -0.2) is 8.78 Å². The minimum Gasteiger partial charge on any atom is -0.490 e. The third kappa shape index (κ3) is 4.76. The van der Waals surface area contributed by atoms with Gasteiger partial charge in [-0.1, -0.05) is 6.07 Å². The summed E-state index contributed by atoms with van der Waals surface area (Å²) in [6.07, 6.45) is 0.796. The smallest absolute Gasteiger partial charge is 0.254 e. The molecule has 2 amide bonds. The van der Waals surface area contributed by atoms with Gasteiger partial charge in [-0.2, -0.15) is 0 Å². The molecule has 0 bridgehead atoms. The molecule has 0 aromatic heterocycles. The van der Waals surface area contributed by atoms with E-state index in [1.807, 2.05) is 6.07 Å². The largest absolute Gasteiger partial charge is 0.490 e. The number of carbonyl (C=O) groups is 2. The quantitative estimate of drug-likeness (QED) is 0.823. The van der Waals surface area contributed by atoms with Crippen LogP contribution in [-0.2, 0) is 4.79 Å². The molecular formula is C20H20F2N2O4. The zero-order valence-electron chi connectivity index (χ0n) is 15.3. The lowest BCUT2D eigenvalue weighted by Gasteiger charge is -2.17. The second kappa shape index (κ2) is 8.69. The molecule has 2 N–H and O–H groups in total. The highest BCUT2D eigenvalue weighted by Gasteiger charge is 2.17. The fraction of sp³-hybridized carbons (Fsp3) is 0.300. The van der Waals surface area contributed by atoms with E-state index in [0.29, 0.717) is 30.8 Å². The molecule has 2 aromatic carbocycles. The van der Waals surface area contributed by atoms with E-state index in [2.05, 4.69) is 10.6 Å². The molecule has 1 atom stereocenters. The molecule has 1 unspecified atom stereocenters. The number of rotatable bonds is 5. The first kappa shape index (κ1) is 19.6. The van der Waals surface area contributed by atoms with Crippen LogP contribution in [0.25, 0.3) is 0 Å². The fourth-order valence-corrected chi connectivity index (χ4v) is 2.75. The number of nitrogens with one attached hydrogen (secondary N) is 2. The Kier molecular flexibility index (Phi) is 6.08. The summed E-state index contributed by atoms with van der Waals surface area (Å²) >= 11 is 0. The van der Waals surface area contributed by atoms with Crippen molar-refractivity contribution in [3.8, 4) is 11.5 Å². The normalized spacial score (nSPS) is 14.0. The van der Waals surface area contributed by atoms with Crippen LogP contribution < -0.4 is 20.1 Å². The highest BCUT2D eigenvalue weighted by molar-refractivity contribution is 5.96. The minimum absolute atomic E-state index is 0.329. The van der Waals surface area contributed by atoms with Crippen molar-refractivity contribution in [2.24, 2.45) is 0 Å². The average molecular weight is 390 g/mol. The number of amides is 2. The summed E-state index contributed by atoms with van der Waals surface area (Å²) in [4.78, 5) is 24.1. The Morgan fingerprint density at radius 1 is 1.07 bits per heavy atom. The fourth-order valence-electron chi connectivity index (χ4n) is 2.75. The Balaban J connectivity index is 1.55. The van der Waals surface area contributed by atoms with Crippen LogP contribution in [0.3, 0.4) is 0 Å². The summed E-state index contributed by atoms with van der Waals surface area (Å²) in [7, 11) is 0. The maximum Gasteiger partial charge on any atom is 0.254 e. The molecule has 0 fully saturated rings. The molecular weight excluding hydrogens is 370 g/mol. The van der Waals surface area contributed by atoms with E-state index in [1.165, 1.54) is 0 Å². The van der Waals surface area contributed by atoms with Crippen molar-refractivity contribution in [3.05, 3.63) is 59.2 Å². The topological polar surface area (TPSA) is 76.7 Å². The number of ether oxygens (including phenoxy) is 2. The molecule has 8 heteroatoms. The molecule has 1 heterocycles. The van der Waals surface area contributed by atoms with Crippen LogP contribution in [0, 0.1) is 11.6 Å². The lowest BCUT2D eigenvalue weighted by molar-refractivity contribution is -0.120. The standard InChI is InChI=1S/C20H20F2N2O4/c1-12(13-3-6-17-18(9-13)28-8-2-7-27-17)24-19(25)11-23-20(26)15-5-4-14(21)10-16(15)22/h3-6,9-10,12H,2,7-8,11H2,1H3,(H,23,26)(H,24,25). The van der Waals surface area contributed by atoms with Gasteiger partial charge in [0.1, 0.15) is 11.6 Å². The van der Waals surface area contributed by atoms with E-state index in [0.717, 1.165) is 24.1 Å². The molecule has 6 nitrogen and oxygen atoms in total. The van der Waals surface area contributed by atoms with Crippen LogP contribution in [-0.4, -0.2) is 31.6 Å². The molecule has 0 aliphatic carbocycles. The Labute approximate surface area is 160 Å². The molecule has 1 aliphatic rings. The third-order valence-electron chi connectivity index (χ3n) is 4.23. The second-order valence-corrected chi connectivity index (χ2v) is 6.35. The van der Waals surface area contributed by atoms with Gasteiger partial charge in [0, 0.05) is 12.5 Å². The highest BCUT2D eigenvalue weighted by Crippen LogP contribution is 2.32. The number of benzene rings is 2. The summed E-state index contributed by atoms with van der Waals surface area (Å²) in [6.45, 7) is 2.60. The Bertz CT molecular complexity index is 889. The predicted octanol–water partition coefficient (Wildman–Crippen LogP) is 2.73. The number of hydrogen-bond acceptors (Lipinski definition) is 4. The van der Waals surface area contributed by atoms with Crippen LogP contribution >= 0.6 is 0 Å². The van der Waals surface area contributed by atoms with Crippen molar-refractivity contribution < 1.29 is 27.8 Å². The number of halogens is 2. The Morgan fingerprint density at radius 3 is 2.57 bits per heavy atom. The Hall–Kier alpha value is -3.16. The van der Waals surface area contributed by atoms with Crippen LogP contribution in [0.4, 0.5) is 8.78 Å². The van der Waals surface area contributed by atoms with E-state index in [-0.39, 0.29) is 18.2 Å². The second-order valence-electron chi connectivity index (χ2n) is 6.35. The van der Waals surface area contributed by atoms with E-state index < -0.39 is 23.4 Å². The molecule has 1 aliphatic heterocycles. The first-order chi connectivity index (χ1) is 13.4. The van der Waals surface area contributed by atoms with Crippen molar-refractivity contribution in [1.82, 2.24) is 10.6 Å². The van der Waals surface area contributed by atoms with E-state index in [1.54, 1.807) is 19.1 Å². The predicted molar refractivity (Wildman–Crippen MR) is 97.3 cm³/mol. The van der Waals surface area contributed by atoms with Gasteiger partial charge in [-0.3, -0.25) is 9.59 Å². The van der Waals surface area contributed by atoms with E-state index in [9.17, 15) is 18.4 Å². The first-order valence-electron chi connectivity index (χ1n) is 8.86. The molecule has 148 valence electrons. The number of fused-ring (bicyclic) bond motifs is 1. The molecule has 0 saturated heterocycles. The number of carbonyl (C=O) groups excluding carboxylic acids is 2. The van der Waals surface area contributed by atoms with E-state index >= 15 is 0 Å².